The number of amides is 2. The minimum atomic E-state index is -0.784. The summed E-state index contributed by atoms with van der Waals surface area (Å²) >= 11 is 0. The highest BCUT2D eigenvalue weighted by atomic mass is 28.1. The van der Waals surface area contributed by atoms with E-state index in [1.54, 1.807) is 0 Å². The number of methoxy groups -OCH3 is 1. The van der Waals surface area contributed by atoms with Crippen molar-refractivity contribution in [1.29, 1.82) is 0 Å². The Hall–Kier alpha value is -1.04. The van der Waals surface area contributed by atoms with Crippen molar-refractivity contribution < 1.29 is 14.3 Å². The van der Waals surface area contributed by atoms with Gasteiger partial charge < -0.3 is 15.0 Å². The molecule has 1 aliphatic heterocycles. The summed E-state index contributed by atoms with van der Waals surface area (Å²) in [7, 11) is 1.91. The molecule has 1 N–H and O–H groups in total. The first-order valence-corrected chi connectivity index (χ1v) is 9.50. The van der Waals surface area contributed by atoms with E-state index in [1.807, 2.05) is 13.8 Å². The maximum atomic E-state index is 13.3. The lowest BCUT2D eigenvalue weighted by Crippen LogP contribution is -2.65. The fourth-order valence-electron chi connectivity index (χ4n) is 4.03. The lowest BCUT2D eigenvalue weighted by Gasteiger charge is -2.41. The number of carbonyl (C=O) groups excluding carboxylic acids is 2. The normalized spacial score (nSPS) is 30.8. The van der Waals surface area contributed by atoms with Crippen LogP contribution in [0.15, 0.2) is 0 Å². The number of alkyl carbamates (subject to hydrolysis) is 1. The van der Waals surface area contributed by atoms with E-state index >= 15 is 0 Å². The van der Waals surface area contributed by atoms with Crippen LogP contribution in [-0.4, -0.2) is 51.5 Å². The fourth-order valence-corrected chi connectivity index (χ4v) is 4.50. The minimum absolute atomic E-state index is 0.0561. The molecule has 0 spiro atoms. The monoisotopic (exact) mass is 326 g/mol. The number of ether oxygens (including phenoxy) is 1. The molecule has 4 atom stereocenters. The van der Waals surface area contributed by atoms with Crippen LogP contribution in [0.1, 0.15) is 52.9 Å². The van der Waals surface area contributed by atoms with Crippen LogP contribution in [-0.2, 0) is 9.53 Å². The van der Waals surface area contributed by atoms with Gasteiger partial charge in [0, 0.05) is 22.3 Å². The van der Waals surface area contributed by atoms with Gasteiger partial charge in [-0.05, 0) is 38.0 Å². The van der Waals surface area contributed by atoms with E-state index in [9.17, 15) is 9.59 Å². The Morgan fingerprint density at radius 2 is 1.95 bits per heavy atom. The van der Waals surface area contributed by atoms with Gasteiger partial charge in [-0.3, -0.25) is 4.79 Å². The first-order valence-electron chi connectivity index (χ1n) is 8.50. The maximum Gasteiger partial charge on any atom is 0.407 e. The molecule has 5 nitrogen and oxygen atoms in total. The number of likely N-dealkylation sites (tertiary alicyclic amines) is 1. The molecule has 0 aromatic carbocycles. The topological polar surface area (TPSA) is 58.6 Å². The summed E-state index contributed by atoms with van der Waals surface area (Å²) < 4.78 is 4.74. The van der Waals surface area contributed by atoms with Gasteiger partial charge in [0.1, 0.15) is 5.16 Å². The Labute approximate surface area is 136 Å². The molecule has 1 aliphatic carbocycles. The molecule has 126 valence electrons. The average Bonchev–Trinajstić information content (AvgIpc) is 2.81. The number of nitrogens with zero attached hydrogens (tertiary/aromatic N) is 1. The third kappa shape index (κ3) is 3.02. The van der Waals surface area contributed by atoms with Crippen molar-refractivity contribution in [2.24, 2.45) is 11.8 Å². The first kappa shape index (κ1) is 17.3. The van der Waals surface area contributed by atoms with Gasteiger partial charge >= 0.3 is 6.09 Å². The Morgan fingerprint density at radius 3 is 2.55 bits per heavy atom. The van der Waals surface area contributed by atoms with Crippen LogP contribution in [0.2, 0.25) is 0 Å². The summed E-state index contributed by atoms with van der Waals surface area (Å²) in [6, 6.07) is 0.634. The highest BCUT2D eigenvalue weighted by Gasteiger charge is 2.49. The van der Waals surface area contributed by atoms with Crippen molar-refractivity contribution in [3.05, 3.63) is 0 Å². The van der Waals surface area contributed by atoms with Crippen molar-refractivity contribution in [2.75, 3.05) is 7.11 Å². The van der Waals surface area contributed by atoms with Crippen LogP contribution in [0.3, 0.4) is 0 Å². The first-order chi connectivity index (χ1) is 10.3. The molecular formula is C16H30N2O3Si. The van der Waals surface area contributed by atoms with Gasteiger partial charge in [-0.1, -0.05) is 26.7 Å². The lowest BCUT2D eigenvalue weighted by atomic mass is 9.84. The van der Waals surface area contributed by atoms with Crippen LogP contribution < -0.4 is 5.32 Å². The van der Waals surface area contributed by atoms with Gasteiger partial charge in [0.25, 0.3) is 0 Å². The predicted molar refractivity (Wildman–Crippen MR) is 89.7 cm³/mol. The second-order valence-electron chi connectivity index (χ2n) is 7.38. The smallest absolute Gasteiger partial charge is 0.407 e. The zero-order valence-electron chi connectivity index (χ0n) is 14.5. The molecule has 0 aromatic rings. The molecule has 0 aromatic heterocycles. The third-order valence-corrected chi connectivity index (χ3v) is 7.56. The number of nitrogens with one attached hydrogen (secondary N) is 1. The molecular weight excluding hydrogens is 296 g/mol. The van der Waals surface area contributed by atoms with Gasteiger partial charge in [-0.2, -0.15) is 0 Å². The van der Waals surface area contributed by atoms with Crippen molar-refractivity contribution in [2.45, 2.75) is 70.1 Å². The molecule has 1 saturated carbocycles. The van der Waals surface area contributed by atoms with Gasteiger partial charge in [-0.15, -0.1) is 0 Å². The molecule has 2 rings (SSSR count). The minimum Gasteiger partial charge on any atom is -0.453 e. The van der Waals surface area contributed by atoms with Crippen molar-refractivity contribution in [3.63, 3.8) is 0 Å². The highest BCUT2D eigenvalue weighted by Crippen LogP contribution is 2.40. The second-order valence-corrected chi connectivity index (χ2v) is 8.96. The molecule has 0 radical (unpaired) electrons. The molecule has 6 heteroatoms. The Bertz CT molecular complexity index is 443. The summed E-state index contributed by atoms with van der Waals surface area (Å²) in [6.07, 6.45) is 5.42. The molecule has 2 amide bonds. The Morgan fingerprint density at radius 1 is 1.32 bits per heavy atom. The number of hydrogen-bond donors (Lipinski definition) is 1. The third-order valence-electron chi connectivity index (χ3n) is 5.73. The number of rotatable bonds is 3. The zero-order valence-corrected chi connectivity index (χ0v) is 16.5. The largest absolute Gasteiger partial charge is 0.453 e. The number of fused-ring (bicyclic) bond motifs is 1. The van der Waals surface area contributed by atoms with Crippen LogP contribution in [0, 0.1) is 11.8 Å². The molecule has 2 fully saturated rings. The van der Waals surface area contributed by atoms with Gasteiger partial charge in [-0.25, -0.2) is 4.79 Å². The van der Waals surface area contributed by atoms with Gasteiger partial charge in [0.2, 0.25) is 5.91 Å². The second kappa shape index (κ2) is 6.60. The van der Waals surface area contributed by atoms with E-state index in [-0.39, 0.29) is 17.9 Å². The van der Waals surface area contributed by atoms with Crippen LogP contribution >= 0.6 is 0 Å². The molecule has 2 aliphatic rings. The average molecular weight is 327 g/mol. The van der Waals surface area contributed by atoms with Crippen LogP contribution in [0.25, 0.3) is 0 Å². The lowest BCUT2D eigenvalue weighted by molar-refractivity contribution is -0.139. The van der Waals surface area contributed by atoms with Crippen molar-refractivity contribution in [3.8, 4) is 0 Å². The van der Waals surface area contributed by atoms with Crippen molar-refractivity contribution in [1.82, 2.24) is 10.2 Å². The summed E-state index contributed by atoms with van der Waals surface area (Å²) in [5, 5.41) is 2.06. The molecule has 0 bridgehead atoms. The summed E-state index contributed by atoms with van der Waals surface area (Å²) in [5.41, 5.74) is 0. The standard InChI is InChI=1S/C16H30N2O3Si/c1-10(2)16(22,17-15(20)21-4)14(19)18-11(3)9-12-7-5-6-8-13(12)18/h10-13H,5-9H2,1-4,22H3,(H,17,20)/t11-,12+,13+,16+/m1/s1. The molecule has 1 heterocycles. The number of carbonyl (C=O) groups is 2. The van der Waals surface area contributed by atoms with E-state index < -0.39 is 11.3 Å². The van der Waals surface area contributed by atoms with E-state index in [1.165, 1.54) is 26.4 Å². The Kier molecular flexibility index (Phi) is 5.20. The molecule has 0 unspecified atom stereocenters. The van der Waals surface area contributed by atoms with E-state index in [2.05, 4.69) is 17.1 Å². The van der Waals surface area contributed by atoms with E-state index in [0.29, 0.717) is 22.2 Å². The van der Waals surface area contributed by atoms with E-state index in [0.717, 1.165) is 12.8 Å². The highest BCUT2D eigenvalue weighted by molar-refractivity contribution is 6.29. The van der Waals surface area contributed by atoms with Crippen molar-refractivity contribution >= 4 is 22.2 Å². The van der Waals surface area contributed by atoms with Crippen LogP contribution in [0.5, 0.6) is 0 Å². The Balaban J connectivity index is 2.24. The fraction of sp³-hybridized carbons (Fsp3) is 0.875. The summed E-state index contributed by atoms with van der Waals surface area (Å²) in [6.45, 7) is 6.15. The molecule has 1 saturated heterocycles. The van der Waals surface area contributed by atoms with E-state index in [4.69, 9.17) is 4.74 Å². The maximum absolute atomic E-state index is 13.3. The molecule has 22 heavy (non-hydrogen) atoms. The predicted octanol–water partition coefficient (Wildman–Crippen LogP) is 1.24. The quantitative estimate of drug-likeness (QED) is 0.794. The number of hydrogen-bond acceptors (Lipinski definition) is 3. The summed E-state index contributed by atoms with van der Waals surface area (Å²) in [4.78, 5) is 27.1. The summed E-state index contributed by atoms with van der Waals surface area (Å²) in [5.74, 6) is 0.797. The van der Waals surface area contributed by atoms with Gasteiger partial charge in [0.15, 0.2) is 0 Å². The van der Waals surface area contributed by atoms with Gasteiger partial charge in [0.05, 0.1) is 7.11 Å². The SMILES string of the molecule is COC(=O)N[C@@]([SiH3])(C(=O)N1[C@H](C)C[C@@H]2CCCC[C@@H]21)C(C)C. The zero-order chi connectivity index (χ0) is 16.5. The van der Waals surface area contributed by atoms with Crippen LogP contribution in [0.4, 0.5) is 4.79 Å².